The lowest BCUT2D eigenvalue weighted by Crippen LogP contribution is -2.44. The van der Waals surface area contributed by atoms with Crippen LogP contribution in [0, 0.1) is 5.92 Å². The maximum absolute atomic E-state index is 14.4. The number of carbonyl (C=O) groups is 3. The first kappa shape index (κ1) is 37.2. The van der Waals surface area contributed by atoms with Gasteiger partial charge in [0, 0.05) is 42.9 Å². The quantitative estimate of drug-likeness (QED) is 0.0726. The van der Waals surface area contributed by atoms with Crippen LogP contribution in [0.1, 0.15) is 65.7 Å². The van der Waals surface area contributed by atoms with Crippen molar-refractivity contribution in [1.29, 1.82) is 0 Å². The fraction of sp³-hybridized carbons (Fsp3) is 0.279. The molecule has 3 atom stereocenters. The van der Waals surface area contributed by atoms with Crippen molar-refractivity contribution in [1.82, 2.24) is 15.0 Å². The van der Waals surface area contributed by atoms with Gasteiger partial charge in [-0.05, 0) is 67.3 Å². The summed E-state index contributed by atoms with van der Waals surface area (Å²) in [5.74, 6) is -1.17. The lowest BCUT2D eigenvalue weighted by atomic mass is 9.82. The van der Waals surface area contributed by atoms with E-state index in [4.69, 9.17) is 9.47 Å². The van der Waals surface area contributed by atoms with E-state index in [0.29, 0.717) is 71.2 Å². The molecule has 0 radical (unpaired) electrons. The van der Waals surface area contributed by atoms with Gasteiger partial charge in [0.15, 0.2) is 11.4 Å². The van der Waals surface area contributed by atoms with Gasteiger partial charge in [-0.1, -0.05) is 78.9 Å². The maximum atomic E-state index is 14.4. The number of methoxy groups -OCH3 is 1. The molecule has 0 bridgehead atoms. The van der Waals surface area contributed by atoms with Crippen LogP contribution in [0.2, 0.25) is 0 Å². The Bertz CT molecular complexity index is 2220. The van der Waals surface area contributed by atoms with Crippen LogP contribution in [-0.2, 0) is 26.5 Å². The number of rotatable bonds is 14. The molecule has 0 spiro atoms. The highest BCUT2D eigenvalue weighted by atomic mass is 16.5. The number of aliphatic hydroxyl groups is 2. The molecule has 2 aliphatic rings. The number of aryl methyl sites for hydroxylation is 1. The van der Waals surface area contributed by atoms with E-state index in [1.54, 1.807) is 69.9 Å². The SMILES string of the molecule is COC(=O)CCCCN1C(=O)[C@](O)([C@H](C)/C=C/CCn2cc(C(CO)c3ccccc3)nn2)c2cc(N3C(=O)c4ccccc4Oc4ccccc43)ccc21. The fourth-order valence-electron chi connectivity index (χ4n) is 7.29. The van der Waals surface area contributed by atoms with Crippen LogP contribution >= 0.6 is 0 Å². The first-order chi connectivity index (χ1) is 26.7. The molecule has 4 aromatic carbocycles. The number of unbranched alkanes of at least 4 members (excludes halogenated alkanes) is 1. The molecule has 1 unspecified atom stereocenters. The van der Waals surface area contributed by atoms with Crippen LogP contribution in [0.4, 0.5) is 17.1 Å². The van der Waals surface area contributed by atoms with E-state index >= 15 is 0 Å². The second kappa shape index (κ2) is 16.1. The molecule has 0 saturated carbocycles. The van der Waals surface area contributed by atoms with Gasteiger partial charge in [-0.25, -0.2) is 0 Å². The topological polar surface area (TPSA) is 147 Å². The van der Waals surface area contributed by atoms with Crippen LogP contribution in [0.15, 0.2) is 115 Å². The summed E-state index contributed by atoms with van der Waals surface area (Å²) < 4.78 is 12.7. The van der Waals surface area contributed by atoms with E-state index in [9.17, 15) is 24.6 Å². The molecular weight excluding hydrogens is 699 g/mol. The van der Waals surface area contributed by atoms with Crippen molar-refractivity contribution in [3.05, 3.63) is 138 Å². The largest absolute Gasteiger partial charge is 0.469 e. The highest BCUT2D eigenvalue weighted by Crippen LogP contribution is 2.49. The third-order valence-electron chi connectivity index (χ3n) is 10.3. The van der Waals surface area contributed by atoms with Gasteiger partial charge in [0.2, 0.25) is 0 Å². The number of ether oxygens (including phenoxy) is 2. The second-order valence-corrected chi connectivity index (χ2v) is 13.7. The summed E-state index contributed by atoms with van der Waals surface area (Å²) in [6.07, 6.45) is 7.32. The maximum Gasteiger partial charge on any atom is 0.305 e. The van der Waals surface area contributed by atoms with Crippen LogP contribution in [0.25, 0.3) is 0 Å². The van der Waals surface area contributed by atoms with Crippen LogP contribution < -0.4 is 14.5 Å². The van der Waals surface area contributed by atoms with E-state index in [0.717, 1.165) is 5.56 Å². The average Bonchev–Trinajstić information content (AvgIpc) is 3.72. The molecule has 0 fully saturated rings. The third-order valence-corrected chi connectivity index (χ3v) is 10.3. The Kier molecular flexibility index (Phi) is 10.9. The first-order valence-electron chi connectivity index (χ1n) is 18.4. The van der Waals surface area contributed by atoms with E-state index in [1.165, 1.54) is 7.11 Å². The fourth-order valence-corrected chi connectivity index (χ4v) is 7.29. The number of benzene rings is 4. The van der Waals surface area contributed by atoms with Crippen LogP contribution in [0.5, 0.6) is 11.5 Å². The first-order valence-corrected chi connectivity index (χ1v) is 18.4. The minimum atomic E-state index is -1.96. The minimum Gasteiger partial charge on any atom is -0.469 e. The zero-order chi connectivity index (χ0) is 38.5. The lowest BCUT2D eigenvalue weighted by Gasteiger charge is -2.28. The highest BCUT2D eigenvalue weighted by Gasteiger charge is 2.52. The van der Waals surface area contributed by atoms with Crippen molar-refractivity contribution in [2.45, 2.75) is 50.7 Å². The van der Waals surface area contributed by atoms with Gasteiger partial charge in [0.25, 0.3) is 11.8 Å². The number of aliphatic hydroxyl groups excluding tert-OH is 1. The Morgan fingerprint density at radius 3 is 2.45 bits per heavy atom. The number of allylic oxidation sites excluding steroid dienone is 1. The van der Waals surface area contributed by atoms with Gasteiger partial charge >= 0.3 is 5.97 Å². The molecule has 12 heteroatoms. The van der Waals surface area contributed by atoms with Crippen molar-refractivity contribution in [2.24, 2.45) is 5.92 Å². The molecular formula is C43H43N5O7. The van der Waals surface area contributed by atoms with Gasteiger partial charge in [-0.2, -0.15) is 0 Å². The van der Waals surface area contributed by atoms with E-state index in [1.807, 2.05) is 66.9 Å². The molecule has 3 heterocycles. The number of anilines is 3. The summed E-state index contributed by atoms with van der Waals surface area (Å²) in [6, 6.07) is 29.2. The number of aromatic nitrogens is 3. The number of amides is 2. The number of nitrogens with zero attached hydrogens (tertiary/aromatic N) is 5. The molecule has 7 rings (SSSR count). The monoisotopic (exact) mass is 741 g/mol. The van der Waals surface area contributed by atoms with E-state index < -0.39 is 17.4 Å². The molecule has 2 N–H and O–H groups in total. The summed E-state index contributed by atoms with van der Waals surface area (Å²) in [4.78, 5) is 43.5. The Hall–Kier alpha value is -6.11. The number of hydrogen-bond acceptors (Lipinski definition) is 9. The number of fused-ring (bicyclic) bond motifs is 3. The highest BCUT2D eigenvalue weighted by molar-refractivity contribution is 6.15. The molecule has 2 amide bonds. The molecule has 2 aliphatic heterocycles. The van der Waals surface area contributed by atoms with Gasteiger partial charge in [0.1, 0.15) is 5.75 Å². The molecule has 282 valence electrons. The predicted octanol–water partition coefficient (Wildman–Crippen LogP) is 6.65. The smallest absolute Gasteiger partial charge is 0.305 e. The summed E-state index contributed by atoms with van der Waals surface area (Å²) in [5, 5.41) is 31.2. The zero-order valence-electron chi connectivity index (χ0n) is 30.7. The summed E-state index contributed by atoms with van der Waals surface area (Å²) in [5.41, 5.74) is 1.92. The van der Waals surface area contributed by atoms with Crippen molar-refractivity contribution in [3.8, 4) is 11.5 Å². The van der Waals surface area contributed by atoms with Gasteiger partial charge in [0.05, 0.1) is 42.3 Å². The standard InChI is InChI=1S/C43H43N5O7/c1-29(14-10-12-24-46-27-35(44-45-46)33(28-49)30-15-4-3-5-16-30)43(53)34-26-31(22-23-36(34)47(42(43)52)25-13-11-21-40(50)54-2)48-37-18-7-9-20-39(37)55-38-19-8-6-17-32(38)41(48)51/h3-10,14-20,22-23,26-27,29,33,49,53H,11-13,21,24-25,28H2,1-2H3/b14-10+/t29-,33?,43+/m1/s1. The van der Waals surface area contributed by atoms with Crippen LogP contribution in [0.3, 0.4) is 0 Å². The molecule has 55 heavy (non-hydrogen) atoms. The molecule has 5 aromatic rings. The number of para-hydroxylation sites is 3. The second-order valence-electron chi connectivity index (χ2n) is 13.7. The third kappa shape index (κ3) is 7.26. The molecule has 1 aromatic heterocycles. The van der Waals surface area contributed by atoms with Crippen molar-refractivity contribution >= 4 is 34.8 Å². The Morgan fingerprint density at radius 2 is 1.67 bits per heavy atom. The molecule has 0 aliphatic carbocycles. The average molecular weight is 742 g/mol. The van der Waals surface area contributed by atoms with Crippen molar-refractivity contribution in [2.75, 3.05) is 30.1 Å². The number of carbonyl (C=O) groups excluding carboxylic acids is 3. The Morgan fingerprint density at radius 1 is 0.927 bits per heavy atom. The van der Waals surface area contributed by atoms with Crippen molar-refractivity contribution < 1.29 is 34.1 Å². The Balaban J connectivity index is 1.17. The van der Waals surface area contributed by atoms with Gasteiger partial charge < -0.3 is 24.6 Å². The minimum absolute atomic E-state index is 0.0995. The number of esters is 1. The normalized spacial score (nSPS) is 17.3. The zero-order valence-corrected chi connectivity index (χ0v) is 30.7. The van der Waals surface area contributed by atoms with Crippen LogP contribution in [-0.4, -0.2) is 63.3 Å². The van der Waals surface area contributed by atoms with E-state index in [2.05, 4.69) is 10.3 Å². The molecule has 12 nitrogen and oxygen atoms in total. The molecule has 0 saturated heterocycles. The van der Waals surface area contributed by atoms with E-state index in [-0.39, 0.29) is 37.4 Å². The lowest BCUT2D eigenvalue weighted by molar-refractivity contribution is -0.140. The summed E-state index contributed by atoms with van der Waals surface area (Å²) >= 11 is 0. The predicted molar refractivity (Wildman–Crippen MR) is 206 cm³/mol. The van der Waals surface area contributed by atoms with Crippen molar-refractivity contribution in [3.63, 3.8) is 0 Å². The van der Waals surface area contributed by atoms with Gasteiger partial charge in [-0.15, -0.1) is 5.10 Å². The summed E-state index contributed by atoms with van der Waals surface area (Å²) in [7, 11) is 1.34. The Labute approximate surface area is 319 Å². The van der Waals surface area contributed by atoms with Gasteiger partial charge in [-0.3, -0.25) is 24.0 Å². The number of hydrogen-bond donors (Lipinski definition) is 2. The summed E-state index contributed by atoms with van der Waals surface area (Å²) in [6.45, 7) is 2.46.